The number of hydrogen-bond donors (Lipinski definition) is 1. The van der Waals surface area contributed by atoms with Gasteiger partial charge in [0.1, 0.15) is 5.75 Å². The largest absolute Gasteiger partial charge is 0.508 e. The maximum absolute atomic E-state index is 9.22. The molecule has 3 heteroatoms. The summed E-state index contributed by atoms with van der Waals surface area (Å²) in [4.78, 5) is 2.42. The zero-order chi connectivity index (χ0) is 11.5. The zero-order valence-corrected chi connectivity index (χ0v) is 9.89. The van der Waals surface area contributed by atoms with Gasteiger partial charge in [0.05, 0.1) is 12.7 Å². The Labute approximate surface area is 96.6 Å². The zero-order valence-electron chi connectivity index (χ0n) is 9.89. The highest BCUT2D eigenvalue weighted by Gasteiger charge is 2.23. The van der Waals surface area contributed by atoms with E-state index in [2.05, 4.69) is 18.7 Å². The maximum Gasteiger partial charge on any atom is 0.115 e. The average Bonchev–Trinajstić information content (AvgIpc) is 2.27. The van der Waals surface area contributed by atoms with Crippen LogP contribution in [0.25, 0.3) is 0 Å². The summed E-state index contributed by atoms with van der Waals surface area (Å²) in [5.74, 6) is 0.326. The van der Waals surface area contributed by atoms with Crippen LogP contribution < -0.4 is 0 Å². The van der Waals surface area contributed by atoms with Crippen molar-refractivity contribution in [3.63, 3.8) is 0 Å². The van der Waals surface area contributed by atoms with E-state index in [0.29, 0.717) is 17.9 Å². The minimum atomic E-state index is 0.313. The van der Waals surface area contributed by atoms with Crippen LogP contribution in [0, 0.1) is 0 Å². The van der Waals surface area contributed by atoms with Gasteiger partial charge in [-0.25, -0.2) is 0 Å². The van der Waals surface area contributed by atoms with Crippen LogP contribution in [0.15, 0.2) is 24.3 Å². The van der Waals surface area contributed by atoms with E-state index in [1.807, 2.05) is 12.1 Å². The fourth-order valence-corrected chi connectivity index (χ4v) is 2.03. The third-order valence-electron chi connectivity index (χ3n) is 3.06. The fraction of sp³-hybridized carbons (Fsp3) is 0.538. The van der Waals surface area contributed by atoms with E-state index in [1.54, 1.807) is 12.1 Å². The third kappa shape index (κ3) is 2.74. The summed E-state index contributed by atoms with van der Waals surface area (Å²) in [5, 5.41) is 9.22. The molecule has 2 atom stereocenters. The minimum Gasteiger partial charge on any atom is -0.508 e. The van der Waals surface area contributed by atoms with E-state index < -0.39 is 0 Å². The molecular formula is C13H19NO2. The van der Waals surface area contributed by atoms with Crippen LogP contribution >= 0.6 is 0 Å². The Morgan fingerprint density at radius 1 is 1.31 bits per heavy atom. The normalized spacial score (nSPS) is 26.9. The molecule has 0 saturated carbocycles. The van der Waals surface area contributed by atoms with Gasteiger partial charge in [-0.1, -0.05) is 12.1 Å². The number of aromatic hydroxyl groups is 1. The molecule has 16 heavy (non-hydrogen) atoms. The number of phenols is 1. The topological polar surface area (TPSA) is 32.7 Å². The number of phenolic OH excluding ortho intramolecular Hbond substituents is 1. The van der Waals surface area contributed by atoms with Crippen LogP contribution in [0.3, 0.4) is 0 Å². The Balaban J connectivity index is 2.00. The van der Waals surface area contributed by atoms with Crippen LogP contribution in [-0.2, 0) is 11.3 Å². The molecule has 0 radical (unpaired) electrons. The van der Waals surface area contributed by atoms with Crippen LogP contribution in [-0.4, -0.2) is 35.3 Å². The molecule has 1 aliphatic rings. The van der Waals surface area contributed by atoms with Gasteiger partial charge < -0.3 is 9.84 Å². The lowest BCUT2D eigenvalue weighted by Gasteiger charge is -2.36. The van der Waals surface area contributed by atoms with Crippen LogP contribution in [0.2, 0.25) is 0 Å². The van der Waals surface area contributed by atoms with Gasteiger partial charge in [-0.3, -0.25) is 4.90 Å². The Kier molecular flexibility index (Phi) is 3.46. The van der Waals surface area contributed by atoms with Crippen molar-refractivity contribution in [2.45, 2.75) is 32.5 Å². The van der Waals surface area contributed by atoms with E-state index in [-0.39, 0.29) is 0 Å². The van der Waals surface area contributed by atoms with Crippen molar-refractivity contribution in [3.05, 3.63) is 29.8 Å². The first kappa shape index (κ1) is 11.4. The molecule has 1 N–H and O–H groups in total. The first-order valence-electron chi connectivity index (χ1n) is 5.78. The van der Waals surface area contributed by atoms with E-state index >= 15 is 0 Å². The molecule has 3 nitrogen and oxygen atoms in total. The Morgan fingerprint density at radius 2 is 2.00 bits per heavy atom. The van der Waals surface area contributed by atoms with Gasteiger partial charge in [0.2, 0.25) is 0 Å². The van der Waals surface area contributed by atoms with E-state index in [0.717, 1.165) is 19.7 Å². The molecule has 1 fully saturated rings. The van der Waals surface area contributed by atoms with Crippen molar-refractivity contribution >= 4 is 0 Å². The standard InChI is InChI=1S/C13H19NO2/c1-10-9-16-11(2)7-14(10)8-12-3-5-13(15)6-4-12/h3-6,10-11,15H,7-9H2,1-2H3. The predicted octanol–water partition coefficient (Wildman–Crippen LogP) is 2.00. The van der Waals surface area contributed by atoms with Crippen molar-refractivity contribution in [2.24, 2.45) is 0 Å². The lowest BCUT2D eigenvalue weighted by molar-refractivity contribution is -0.0526. The summed E-state index contributed by atoms with van der Waals surface area (Å²) in [6.45, 7) is 7.00. The average molecular weight is 221 g/mol. The monoisotopic (exact) mass is 221 g/mol. The Hall–Kier alpha value is -1.06. The summed E-state index contributed by atoms with van der Waals surface area (Å²) in [7, 11) is 0. The van der Waals surface area contributed by atoms with Gasteiger partial charge in [-0.2, -0.15) is 0 Å². The first-order valence-corrected chi connectivity index (χ1v) is 5.78. The fourth-order valence-electron chi connectivity index (χ4n) is 2.03. The minimum absolute atomic E-state index is 0.313. The maximum atomic E-state index is 9.22. The highest BCUT2D eigenvalue weighted by Crippen LogP contribution is 2.17. The van der Waals surface area contributed by atoms with Crippen molar-refractivity contribution in [1.29, 1.82) is 0 Å². The second-order valence-corrected chi connectivity index (χ2v) is 4.59. The van der Waals surface area contributed by atoms with Crippen molar-refractivity contribution in [2.75, 3.05) is 13.2 Å². The van der Waals surface area contributed by atoms with Gasteiger partial charge >= 0.3 is 0 Å². The second-order valence-electron chi connectivity index (χ2n) is 4.59. The summed E-state index contributed by atoms with van der Waals surface area (Å²) < 4.78 is 5.60. The van der Waals surface area contributed by atoms with Gasteiger partial charge in [-0.05, 0) is 31.5 Å². The van der Waals surface area contributed by atoms with Crippen LogP contribution in [0.5, 0.6) is 5.75 Å². The van der Waals surface area contributed by atoms with Gasteiger partial charge in [0.15, 0.2) is 0 Å². The number of nitrogens with zero attached hydrogens (tertiary/aromatic N) is 1. The quantitative estimate of drug-likeness (QED) is 0.829. The predicted molar refractivity (Wildman–Crippen MR) is 63.4 cm³/mol. The molecule has 0 aromatic heterocycles. The van der Waals surface area contributed by atoms with Crippen LogP contribution in [0.4, 0.5) is 0 Å². The van der Waals surface area contributed by atoms with E-state index in [4.69, 9.17) is 4.74 Å². The van der Waals surface area contributed by atoms with Crippen molar-refractivity contribution in [3.8, 4) is 5.75 Å². The molecule has 2 unspecified atom stereocenters. The van der Waals surface area contributed by atoms with Crippen molar-refractivity contribution in [1.82, 2.24) is 4.90 Å². The molecule has 2 rings (SSSR count). The van der Waals surface area contributed by atoms with Crippen molar-refractivity contribution < 1.29 is 9.84 Å². The Bertz CT molecular complexity index is 336. The summed E-state index contributed by atoms with van der Waals surface area (Å²) in [5.41, 5.74) is 1.23. The third-order valence-corrected chi connectivity index (χ3v) is 3.06. The number of ether oxygens (including phenoxy) is 1. The molecule has 88 valence electrons. The second kappa shape index (κ2) is 4.85. The van der Waals surface area contributed by atoms with Gasteiger partial charge in [-0.15, -0.1) is 0 Å². The Morgan fingerprint density at radius 3 is 2.69 bits per heavy atom. The lowest BCUT2D eigenvalue weighted by Crippen LogP contribution is -2.46. The molecule has 1 aliphatic heterocycles. The molecule has 1 aromatic carbocycles. The van der Waals surface area contributed by atoms with Gasteiger partial charge in [0.25, 0.3) is 0 Å². The van der Waals surface area contributed by atoms with Gasteiger partial charge in [0, 0.05) is 19.1 Å². The molecule has 1 heterocycles. The highest BCUT2D eigenvalue weighted by atomic mass is 16.5. The molecule has 1 saturated heterocycles. The molecule has 0 amide bonds. The number of benzene rings is 1. The summed E-state index contributed by atoms with van der Waals surface area (Å²) in [6.07, 6.45) is 0.313. The summed E-state index contributed by atoms with van der Waals surface area (Å²) in [6, 6.07) is 7.89. The van der Waals surface area contributed by atoms with E-state index in [1.165, 1.54) is 5.56 Å². The SMILES string of the molecule is CC1CN(Cc2ccc(O)cc2)C(C)CO1. The molecule has 0 aliphatic carbocycles. The number of morpholine rings is 1. The number of rotatable bonds is 2. The first-order chi connectivity index (χ1) is 7.65. The summed E-state index contributed by atoms with van der Waals surface area (Å²) >= 11 is 0. The molecule has 1 aromatic rings. The lowest BCUT2D eigenvalue weighted by atomic mass is 10.1. The van der Waals surface area contributed by atoms with Crippen LogP contribution in [0.1, 0.15) is 19.4 Å². The van der Waals surface area contributed by atoms with E-state index in [9.17, 15) is 5.11 Å². The molecular weight excluding hydrogens is 202 g/mol. The smallest absolute Gasteiger partial charge is 0.115 e. The molecule has 0 bridgehead atoms. The molecule has 0 spiro atoms. The highest BCUT2D eigenvalue weighted by molar-refractivity contribution is 5.25. The number of hydrogen-bond acceptors (Lipinski definition) is 3.